The van der Waals surface area contributed by atoms with Gasteiger partial charge in [-0.25, -0.2) is 8.42 Å². The molecule has 2 aromatic carbocycles. The quantitative estimate of drug-likeness (QED) is 0.534. The van der Waals surface area contributed by atoms with E-state index in [2.05, 4.69) is 10.9 Å². The Morgan fingerprint density at radius 1 is 1.25 bits per heavy atom. The third-order valence-electron chi connectivity index (χ3n) is 5.13. The molecule has 3 aromatic rings. The molecule has 1 aliphatic rings. The van der Waals surface area contributed by atoms with Crippen LogP contribution in [-0.2, 0) is 16.6 Å². The van der Waals surface area contributed by atoms with Gasteiger partial charge in [-0.3, -0.25) is 4.79 Å². The third kappa shape index (κ3) is 3.90. The van der Waals surface area contributed by atoms with Crippen LogP contribution in [0.15, 0.2) is 46.3 Å². The van der Waals surface area contributed by atoms with Gasteiger partial charge in [0.25, 0.3) is 5.91 Å². The van der Waals surface area contributed by atoms with E-state index < -0.39 is 15.9 Å². The maximum Gasteiger partial charge on any atom is 0.279 e. The molecular formula is C22H21N3O5S2. The summed E-state index contributed by atoms with van der Waals surface area (Å²) in [4.78, 5) is 17.6. The molecule has 0 aliphatic carbocycles. The topological polar surface area (TPSA) is 90.2 Å². The van der Waals surface area contributed by atoms with Crippen molar-refractivity contribution in [2.45, 2.75) is 31.3 Å². The number of hydrogen-bond acceptors (Lipinski definition) is 6. The van der Waals surface area contributed by atoms with Gasteiger partial charge in [0.15, 0.2) is 16.3 Å². The second kappa shape index (κ2) is 8.43. The molecule has 0 unspecified atom stereocenters. The van der Waals surface area contributed by atoms with Crippen molar-refractivity contribution in [1.29, 1.82) is 0 Å². The molecule has 0 fully saturated rings. The standard InChI is InChI=1S/C22H21N3O5S2/c1-5-10-25-17-11-18-19(30-13-29-18)12-20(17)31-22(25)23-21(26)15-6-8-16(9-7-15)32(27,28)24(4)14(2)3/h1,6-9,11-12,14H,10,13H2,2-4H3. The maximum atomic E-state index is 12.8. The van der Waals surface area contributed by atoms with Crippen molar-refractivity contribution < 1.29 is 22.7 Å². The second-order valence-electron chi connectivity index (χ2n) is 7.40. The first-order chi connectivity index (χ1) is 15.2. The molecule has 166 valence electrons. The molecule has 1 aliphatic heterocycles. The number of hydrogen-bond donors (Lipinski definition) is 0. The van der Waals surface area contributed by atoms with Gasteiger partial charge in [-0.05, 0) is 38.1 Å². The highest BCUT2D eigenvalue weighted by Gasteiger charge is 2.23. The van der Waals surface area contributed by atoms with Crippen molar-refractivity contribution >= 4 is 37.5 Å². The normalized spacial score (nSPS) is 13.8. The Hall–Kier alpha value is -3.13. The van der Waals surface area contributed by atoms with Gasteiger partial charge in [0, 0.05) is 30.8 Å². The summed E-state index contributed by atoms with van der Waals surface area (Å²) >= 11 is 1.31. The molecule has 0 spiro atoms. The lowest BCUT2D eigenvalue weighted by Crippen LogP contribution is -2.33. The SMILES string of the molecule is C#CCn1c(=NC(=O)c2ccc(S(=O)(=O)N(C)C(C)C)cc2)sc2cc3c(cc21)OCO3. The molecule has 2 heterocycles. The Kier molecular flexibility index (Phi) is 5.81. The predicted octanol–water partition coefficient (Wildman–Crippen LogP) is 2.83. The fraction of sp³-hybridized carbons (Fsp3) is 0.273. The molecule has 8 nitrogen and oxygen atoms in total. The maximum absolute atomic E-state index is 12.8. The largest absolute Gasteiger partial charge is 0.454 e. The summed E-state index contributed by atoms with van der Waals surface area (Å²) < 4.78 is 40.0. The van der Waals surface area contributed by atoms with E-state index in [1.54, 1.807) is 18.4 Å². The average Bonchev–Trinajstić information content (AvgIpc) is 3.35. The molecule has 0 atom stereocenters. The van der Waals surface area contributed by atoms with E-state index in [0.717, 1.165) is 10.2 Å². The highest BCUT2D eigenvalue weighted by Crippen LogP contribution is 2.37. The summed E-state index contributed by atoms with van der Waals surface area (Å²) in [5.41, 5.74) is 1.07. The fourth-order valence-corrected chi connectivity index (χ4v) is 5.56. The monoisotopic (exact) mass is 471 g/mol. The third-order valence-corrected chi connectivity index (χ3v) is 8.22. The minimum Gasteiger partial charge on any atom is -0.454 e. The molecule has 0 saturated heterocycles. The minimum atomic E-state index is -3.63. The Morgan fingerprint density at radius 3 is 2.53 bits per heavy atom. The lowest BCUT2D eigenvalue weighted by Gasteiger charge is -2.20. The summed E-state index contributed by atoms with van der Waals surface area (Å²) in [5, 5.41) is 0. The molecular weight excluding hydrogens is 450 g/mol. The fourth-order valence-electron chi connectivity index (χ4n) is 3.15. The number of terminal acetylenes is 1. The molecule has 0 radical (unpaired) electrons. The van der Waals surface area contributed by atoms with Crippen molar-refractivity contribution in [3.63, 3.8) is 0 Å². The highest BCUT2D eigenvalue weighted by molar-refractivity contribution is 7.89. The number of fused-ring (bicyclic) bond motifs is 2. The van der Waals surface area contributed by atoms with Gasteiger partial charge in [0.2, 0.25) is 16.8 Å². The number of ether oxygens (including phenoxy) is 2. The van der Waals surface area contributed by atoms with Crippen molar-refractivity contribution in [3.05, 3.63) is 46.8 Å². The number of rotatable bonds is 5. The lowest BCUT2D eigenvalue weighted by atomic mass is 10.2. The van der Waals surface area contributed by atoms with Gasteiger partial charge in [-0.1, -0.05) is 17.3 Å². The number of nitrogens with zero attached hydrogens (tertiary/aromatic N) is 3. The molecule has 32 heavy (non-hydrogen) atoms. The first-order valence-electron chi connectivity index (χ1n) is 9.76. The van der Waals surface area contributed by atoms with Crippen LogP contribution in [0.5, 0.6) is 11.5 Å². The molecule has 0 N–H and O–H groups in total. The number of sulfonamides is 1. The van der Waals surface area contributed by atoms with E-state index in [9.17, 15) is 13.2 Å². The van der Waals surface area contributed by atoms with Crippen LogP contribution in [0, 0.1) is 12.3 Å². The van der Waals surface area contributed by atoms with E-state index >= 15 is 0 Å². The number of aromatic nitrogens is 1. The molecule has 1 aromatic heterocycles. The van der Waals surface area contributed by atoms with Crippen molar-refractivity contribution in [2.24, 2.45) is 4.99 Å². The zero-order chi connectivity index (χ0) is 23.0. The number of carbonyl (C=O) groups excluding carboxylic acids is 1. The summed E-state index contributed by atoms with van der Waals surface area (Å²) in [7, 11) is -2.11. The van der Waals surface area contributed by atoms with Gasteiger partial charge >= 0.3 is 0 Å². The van der Waals surface area contributed by atoms with E-state index in [1.165, 1.54) is 47.0 Å². The van der Waals surface area contributed by atoms with Gasteiger partial charge in [-0.15, -0.1) is 6.42 Å². The average molecular weight is 472 g/mol. The second-order valence-corrected chi connectivity index (χ2v) is 10.4. The minimum absolute atomic E-state index is 0.115. The van der Waals surface area contributed by atoms with Crippen LogP contribution in [-0.4, -0.2) is 43.1 Å². The first kappa shape index (κ1) is 22.1. The Labute approximate surface area is 189 Å². The van der Waals surface area contributed by atoms with Gasteiger partial charge in [-0.2, -0.15) is 9.30 Å². The summed E-state index contributed by atoms with van der Waals surface area (Å²) in [5.74, 6) is 3.33. The Morgan fingerprint density at radius 2 is 1.91 bits per heavy atom. The van der Waals surface area contributed by atoms with Crippen molar-refractivity contribution in [3.8, 4) is 23.8 Å². The van der Waals surface area contributed by atoms with E-state index in [1.807, 2.05) is 12.1 Å². The van der Waals surface area contributed by atoms with Crippen LogP contribution in [0.2, 0.25) is 0 Å². The van der Waals surface area contributed by atoms with Gasteiger partial charge < -0.3 is 14.0 Å². The number of benzene rings is 2. The van der Waals surface area contributed by atoms with Crippen LogP contribution in [0.25, 0.3) is 10.2 Å². The van der Waals surface area contributed by atoms with Crippen LogP contribution < -0.4 is 14.3 Å². The Bertz CT molecular complexity index is 1410. The summed E-state index contributed by atoms with van der Waals surface area (Å²) in [6.45, 7) is 3.97. The molecule has 10 heteroatoms. The van der Waals surface area contributed by atoms with E-state index in [0.29, 0.717) is 16.3 Å². The van der Waals surface area contributed by atoms with Crippen molar-refractivity contribution in [1.82, 2.24) is 8.87 Å². The lowest BCUT2D eigenvalue weighted by molar-refractivity contribution is 0.0997. The van der Waals surface area contributed by atoms with E-state index in [-0.39, 0.29) is 29.8 Å². The summed E-state index contributed by atoms with van der Waals surface area (Å²) in [6.07, 6.45) is 5.53. The van der Waals surface area contributed by atoms with Crippen LogP contribution in [0.1, 0.15) is 24.2 Å². The molecule has 0 bridgehead atoms. The number of amides is 1. The summed E-state index contributed by atoms with van der Waals surface area (Å²) in [6, 6.07) is 9.22. The highest BCUT2D eigenvalue weighted by atomic mass is 32.2. The Balaban J connectivity index is 1.71. The van der Waals surface area contributed by atoms with Gasteiger partial charge in [0.05, 0.1) is 21.7 Å². The van der Waals surface area contributed by atoms with E-state index in [4.69, 9.17) is 15.9 Å². The smallest absolute Gasteiger partial charge is 0.279 e. The number of thiazole rings is 1. The van der Waals surface area contributed by atoms with Crippen LogP contribution in [0.4, 0.5) is 0 Å². The van der Waals surface area contributed by atoms with Crippen molar-refractivity contribution in [2.75, 3.05) is 13.8 Å². The first-order valence-corrected chi connectivity index (χ1v) is 12.0. The number of carbonyl (C=O) groups is 1. The molecule has 0 saturated carbocycles. The predicted molar refractivity (Wildman–Crippen MR) is 121 cm³/mol. The van der Waals surface area contributed by atoms with Crippen LogP contribution in [0.3, 0.4) is 0 Å². The van der Waals surface area contributed by atoms with Crippen LogP contribution >= 0.6 is 11.3 Å². The van der Waals surface area contributed by atoms with Gasteiger partial charge in [0.1, 0.15) is 0 Å². The zero-order valence-corrected chi connectivity index (χ0v) is 19.4. The molecule has 4 rings (SSSR count). The molecule has 1 amide bonds. The zero-order valence-electron chi connectivity index (χ0n) is 17.7.